The van der Waals surface area contributed by atoms with Crippen molar-refractivity contribution < 1.29 is 0 Å². The Bertz CT molecular complexity index is 512. The minimum atomic E-state index is 0.922. The fourth-order valence-electron chi connectivity index (χ4n) is 2.98. The number of fused-ring (bicyclic) bond motifs is 1. The number of rotatable bonds is 4. The van der Waals surface area contributed by atoms with E-state index in [0.717, 1.165) is 12.5 Å². The molecule has 1 aliphatic carbocycles. The summed E-state index contributed by atoms with van der Waals surface area (Å²) in [5.41, 5.74) is 1.40. The summed E-state index contributed by atoms with van der Waals surface area (Å²) in [6.45, 7) is 2.19. The smallest absolute Gasteiger partial charge is 0.0205 e. The van der Waals surface area contributed by atoms with Crippen molar-refractivity contribution in [3.8, 4) is 0 Å². The zero-order valence-electron chi connectivity index (χ0n) is 10.9. The monoisotopic (exact) mass is 239 g/mol. The molecule has 3 rings (SSSR count). The van der Waals surface area contributed by atoms with Crippen LogP contribution in [0.1, 0.15) is 31.2 Å². The first kappa shape index (κ1) is 11.7. The molecule has 0 aliphatic heterocycles. The molecule has 0 saturated heterocycles. The van der Waals surface area contributed by atoms with Gasteiger partial charge < -0.3 is 5.32 Å². The Morgan fingerprint density at radius 1 is 0.944 bits per heavy atom. The summed E-state index contributed by atoms with van der Waals surface area (Å²) in [5, 5.41) is 6.28. The predicted molar refractivity (Wildman–Crippen MR) is 77.6 cm³/mol. The third kappa shape index (κ3) is 2.73. The van der Waals surface area contributed by atoms with Crippen LogP contribution in [0.2, 0.25) is 0 Å². The summed E-state index contributed by atoms with van der Waals surface area (Å²) in [6, 6.07) is 15.3. The Morgan fingerprint density at radius 3 is 2.56 bits per heavy atom. The summed E-state index contributed by atoms with van der Waals surface area (Å²) in [4.78, 5) is 0. The number of nitrogens with one attached hydrogen (secondary N) is 1. The van der Waals surface area contributed by atoms with E-state index >= 15 is 0 Å². The van der Waals surface area contributed by atoms with E-state index in [1.807, 2.05) is 0 Å². The molecule has 0 atom stereocenters. The van der Waals surface area contributed by atoms with Gasteiger partial charge in [0.2, 0.25) is 0 Å². The number of benzene rings is 2. The lowest BCUT2D eigenvalue weighted by molar-refractivity contribution is 0.489. The molecule has 18 heavy (non-hydrogen) atoms. The Labute approximate surface area is 109 Å². The second kappa shape index (κ2) is 5.53. The van der Waals surface area contributed by atoms with Crippen LogP contribution in [0, 0.1) is 5.92 Å². The van der Waals surface area contributed by atoms with Crippen LogP contribution in [-0.2, 0) is 6.54 Å². The van der Waals surface area contributed by atoms with Gasteiger partial charge in [-0.1, -0.05) is 49.2 Å². The maximum atomic E-state index is 3.61. The van der Waals surface area contributed by atoms with Crippen molar-refractivity contribution in [2.45, 2.75) is 32.2 Å². The first-order valence-electron chi connectivity index (χ1n) is 7.10. The third-order valence-electron chi connectivity index (χ3n) is 4.05. The van der Waals surface area contributed by atoms with Gasteiger partial charge in [-0.15, -0.1) is 0 Å². The topological polar surface area (TPSA) is 12.0 Å². The normalized spacial score (nSPS) is 16.4. The molecule has 1 fully saturated rings. The Morgan fingerprint density at radius 2 is 1.72 bits per heavy atom. The summed E-state index contributed by atoms with van der Waals surface area (Å²) in [5.74, 6) is 0.922. The second-order valence-electron chi connectivity index (χ2n) is 5.46. The van der Waals surface area contributed by atoms with Crippen LogP contribution in [0.4, 0.5) is 0 Å². The van der Waals surface area contributed by atoms with Crippen LogP contribution in [0.25, 0.3) is 10.8 Å². The average Bonchev–Trinajstić information content (AvgIpc) is 2.92. The Kier molecular flexibility index (Phi) is 3.61. The average molecular weight is 239 g/mol. The van der Waals surface area contributed by atoms with Gasteiger partial charge in [-0.2, -0.15) is 0 Å². The fraction of sp³-hybridized carbons (Fsp3) is 0.412. The molecule has 0 radical (unpaired) electrons. The predicted octanol–water partition coefficient (Wildman–Crippen LogP) is 4.12. The van der Waals surface area contributed by atoms with Gasteiger partial charge in [-0.25, -0.2) is 0 Å². The zero-order valence-corrected chi connectivity index (χ0v) is 10.9. The van der Waals surface area contributed by atoms with Crippen LogP contribution in [0.15, 0.2) is 42.5 Å². The quantitative estimate of drug-likeness (QED) is 0.846. The van der Waals surface area contributed by atoms with Crippen LogP contribution in [-0.4, -0.2) is 6.54 Å². The van der Waals surface area contributed by atoms with Gasteiger partial charge in [0.25, 0.3) is 0 Å². The second-order valence-corrected chi connectivity index (χ2v) is 5.46. The molecule has 0 bridgehead atoms. The van der Waals surface area contributed by atoms with Crippen molar-refractivity contribution in [1.29, 1.82) is 0 Å². The van der Waals surface area contributed by atoms with E-state index < -0.39 is 0 Å². The van der Waals surface area contributed by atoms with Gasteiger partial charge in [0.1, 0.15) is 0 Å². The van der Waals surface area contributed by atoms with E-state index in [4.69, 9.17) is 0 Å². The van der Waals surface area contributed by atoms with Crippen molar-refractivity contribution in [3.05, 3.63) is 48.0 Å². The van der Waals surface area contributed by atoms with E-state index in [2.05, 4.69) is 47.8 Å². The molecule has 0 unspecified atom stereocenters. The molecule has 0 spiro atoms. The molecule has 1 nitrogen and oxygen atoms in total. The SMILES string of the molecule is c1ccc2cc(CNCC3CCCC3)ccc2c1. The highest BCUT2D eigenvalue weighted by Crippen LogP contribution is 2.23. The lowest BCUT2D eigenvalue weighted by Crippen LogP contribution is -2.20. The largest absolute Gasteiger partial charge is 0.312 e. The van der Waals surface area contributed by atoms with Crippen molar-refractivity contribution in [2.24, 2.45) is 5.92 Å². The molecule has 1 saturated carbocycles. The van der Waals surface area contributed by atoms with Gasteiger partial charge in [-0.05, 0) is 47.7 Å². The first-order chi connectivity index (χ1) is 8.92. The summed E-state index contributed by atoms with van der Waals surface area (Å²) < 4.78 is 0. The third-order valence-corrected chi connectivity index (χ3v) is 4.05. The maximum absolute atomic E-state index is 3.61. The van der Waals surface area contributed by atoms with Gasteiger partial charge in [0.15, 0.2) is 0 Å². The summed E-state index contributed by atoms with van der Waals surface area (Å²) in [7, 11) is 0. The van der Waals surface area contributed by atoms with Crippen molar-refractivity contribution >= 4 is 10.8 Å². The standard InChI is InChI=1S/C17H21N/c1-2-6-14(5-1)12-18-13-15-9-10-16-7-3-4-8-17(16)11-15/h3-4,7-11,14,18H,1-2,5-6,12-13H2. The van der Waals surface area contributed by atoms with Gasteiger partial charge in [-0.3, -0.25) is 0 Å². The molecule has 2 aromatic carbocycles. The lowest BCUT2D eigenvalue weighted by Gasteiger charge is -2.11. The molecule has 2 aromatic rings. The van der Waals surface area contributed by atoms with E-state index in [1.165, 1.54) is 48.6 Å². The van der Waals surface area contributed by atoms with Crippen molar-refractivity contribution in [3.63, 3.8) is 0 Å². The fourth-order valence-corrected chi connectivity index (χ4v) is 2.98. The summed E-state index contributed by atoms with van der Waals surface area (Å²) in [6.07, 6.45) is 5.71. The van der Waals surface area contributed by atoms with Crippen LogP contribution in [0.3, 0.4) is 0 Å². The molecule has 1 N–H and O–H groups in total. The highest BCUT2D eigenvalue weighted by Gasteiger charge is 2.13. The molecule has 0 heterocycles. The highest BCUT2D eigenvalue weighted by molar-refractivity contribution is 5.82. The van der Waals surface area contributed by atoms with Crippen LogP contribution >= 0.6 is 0 Å². The van der Waals surface area contributed by atoms with Gasteiger partial charge in [0, 0.05) is 6.54 Å². The highest BCUT2D eigenvalue weighted by atomic mass is 14.9. The molecule has 1 aliphatic rings. The Hall–Kier alpha value is -1.34. The van der Waals surface area contributed by atoms with Gasteiger partial charge >= 0.3 is 0 Å². The van der Waals surface area contributed by atoms with E-state index in [0.29, 0.717) is 0 Å². The number of hydrogen-bond acceptors (Lipinski definition) is 1. The van der Waals surface area contributed by atoms with Gasteiger partial charge in [0.05, 0.1) is 0 Å². The molecular formula is C17H21N. The molecule has 0 aromatic heterocycles. The maximum Gasteiger partial charge on any atom is 0.0205 e. The minimum Gasteiger partial charge on any atom is -0.312 e. The molecule has 0 amide bonds. The summed E-state index contributed by atoms with van der Waals surface area (Å²) >= 11 is 0. The zero-order chi connectivity index (χ0) is 12.2. The number of hydrogen-bond donors (Lipinski definition) is 1. The molecule has 94 valence electrons. The van der Waals surface area contributed by atoms with Crippen molar-refractivity contribution in [1.82, 2.24) is 5.32 Å². The first-order valence-corrected chi connectivity index (χ1v) is 7.10. The lowest BCUT2D eigenvalue weighted by atomic mass is 10.1. The van der Waals surface area contributed by atoms with E-state index in [1.54, 1.807) is 0 Å². The van der Waals surface area contributed by atoms with Crippen molar-refractivity contribution in [2.75, 3.05) is 6.54 Å². The van der Waals surface area contributed by atoms with E-state index in [9.17, 15) is 0 Å². The Balaban J connectivity index is 1.60. The minimum absolute atomic E-state index is 0.922. The van der Waals surface area contributed by atoms with Crippen LogP contribution < -0.4 is 5.32 Å². The molecule has 1 heteroatoms. The molecular weight excluding hydrogens is 218 g/mol. The van der Waals surface area contributed by atoms with Crippen LogP contribution in [0.5, 0.6) is 0 Å². The van der Waals surface area contributed by atoms with E-state index in [-0.39, 0.29) is 0 Å².